The molecule has 0 radical (unpaired) electrons. The maximum Gasteiger partial charge on any atom is 0.0279 e. The molecular formula is C39H39FeNP2-6. The van der Waals surface area contributed by atoms with Gasteiger partial charge in [-0.05, 0) is 49.0 Å². The third-order valence-corrected chi connectivity index (χ3v) is 12.6. The number of hydrogen-bond donors (Lipinski definition) is 0. The van der Waals surface area contributed by atoms with Crippen LogP contribution in [0.5, 0.6) is 0 Å². The summed E-state index contributed by atoms with van der Waals surface area (Å²) in [6.45, 7) is 7.10. The van der Waals surface area contributed by atoms with Crippen molar-refractivity contribution in [2.75, 3.05) is 0 Å². The molecular weight excluding hydrogens is 600 g/mol. The van der Waals surface area contributed by atoms with E-state index in [1.807, 2.05) is 30.3 Å². The zero-order chi connectivity index (χ0) is 29.1. The fourth-order valence-corrected chi connectivity index (χ4v) is 10.7. The molecule has 6 aromatic rings. The van der Waals surface area contributed by atoms with E-state index in [-0.39, 0.29) is 23.1 Å². The van der Waals surface area contributed by atoms with Crippen molar-refractivity contribution in [2.45, 2.75) is 32.9 Å². The van der Waals surface area contributed by atoms with Crippen molar-refractivity contribution >= 4 is 42.5 Å². The summed E-state index contributed by atoms with van der Waals surface area (Å²) in [5.41, 5.74) is 1.44. The molecule has 0 saturated carbocycles. The molecule has 0 spiro atoms. The van der Waals surface area contributed by atoms with Gasteiger partial charge in [-0.15, -0.1) is 10.9 Å². The van der Waals surface area contributed by atoms with Crippen LogP contribution in [0.4, 0.5) is 0 Å². The van der Waals surface area contributed by atoms with Gasteiger partial charge in [-0.25, -0.2) is 12.1 Å². The summed E-state index contributed by atoms with van der Waals surface area (Å²) in [5.74, 6) is 0. The van der Waals surface area contributed by atoms with Crippen molar-refractivity contribution in [1.29, 1.82) is 0 Å². The molecule has 6 aromatic carbocycles. The van der Waals surface area contributed by atoms with Gasteiger partial charge in [-0.1, -0.05) is 128 Å². The molecule has 1 atom stereocenters. The summed E-state index contributed by atoms with van der Waals surface area (Å²) < 4.78 is 2.75. The van der Waals surface area contributed by atoms with Crippen LogP contribution in [0.3, 0.4) is 0 Å². The molecule has 0 N–H and O–H groups in total. The largest absolute Gasteiger partial charge is 0.748 e. The summed E-state index contributed by atoms with van der Waals surface area (Å²) in [4.78, 5) is 0. The first-order valence-electron chi connectivity index (χ1n) is 14.7. The molecule has 224 valence electrons. The normalized spacial score (nSPS) is 11.7. The predicted molar refractivity (Wildman–Crippen MR) is 187 cm³/mol. The average molecular weight is 640 g/mol. The smallest absolute Gasteiger partial charge is 0.0279 e. The van der Waals surface area contributed by atoms with Crippen LogP contribution in [0, 0.1) is 0 Å². The van der Waals surface area contributed by atoms with Gasteiger partial charge in [-0.3, -0.25) is 4.67 Å². The van der Waals surface area contributed by atoms with Crippen molar-refractivity contribution in [3.63, 3.8) is 0 Å². The summed E-state index contributed by atoms with van der Waals surface area (Å²) in [6.07, 6.45) is 0. The van der Waals surface area contributed by atoms with Gasteiger partial charge in [0.25, 0.3) is 0 Å². The molecule has 0 bridgehead atoms. The van der Waals surface area contributed by atoms with Crippen LogP contribution in [0.2, 0.25) is 0 Å². The molecule has 6 rings (SSSR count). The second-order valence-electron chi connectivity index (χ2n) is 10.5. The topological polar surface area (TPSA) is 3.24 Å². The van der Waals surface area contributed by atoms with E-state index in [0.29, 0.717) is 6.04 Å². The van der Waals surface area contributed by atoms with Crippen molar-refractivity contribution in [2.24, 2.45) is 0 Å². The Bertz CT molecular complexity index is 1470. The molecule has 43 heavy (non-hydrogen) atoms. The van der Waals surface area contributed by atoms with Gasteiger partial charge >= 0.3 is 0 Å². The molecule has 0 aliphatic heterocycles. The van der Waals surface area contributed by atoms with Gasteiger partial charge in [-0.2, -0.15) is 6.07 Å². The van der Waals surface area contributed by atoms with E-state index in [2.05, 4.69) is 165 Å². The summed E-state index contributed by atoms with van der Waals surface area (Å²) in [5, 5.41) is 7.04. The Morgan fingerprint density at radius 3 is 1.26 bits per heavy atom. The van der Waals surface area contributed by atoms with Gasteiger partial charge in [0.1, 0.15) is 0 Å². The van der Waals surface area contributed by atoms with E-state index >= 15 is 0 Å². The van der Waals surface area contributed by atoms with E-state index in [9.17, 15) is 0 Å². The fraction of sp³-hybridized carbons (Fsp3) is 0.128. The molecule has 0 aliphatic rings. The van der Waals surface area contributed by atoms with Crippen LogP contribution in [0.1, 0.15) is 32.4 Å². The standard InChI is InChI=1S/C34H34NP2.C5H5.Fe/c1-27(2)35(37(31-21-12-6-13-22-31)32-23-14-7-15-24-32)28(3)33-25-16-26-34(33)36(29-17-8-4-9-18-29)30-19-10-5-11-20-30;1-2-4-5-3-1;/h4-28H,1-3H3;1-5H;/q-1;-5;. The predicted octanol–water partition coefficient (Wildman–Crippen LogP) is 8.39. The minimum atomic E-state index is -0.698. The van der Waals surface area contributed by atoms with Crippen molar-refractivity contribution in [1.82, 2.24) is 4.67 Å². The Morgan fingerprint density at radius 1 is 0.512 bits per heavy atom. The minimum Gasteiger partial charge on any atom is -0.748 e. The molecule has 0 saturated heterocycles. The number of benzene rings is 4. The van der Waals surface area contributed by atoms with E-state index in [0.717, 1.165) is 0 Å². The Balaban J connectivity index is 0.000000641. The van der Waals surface area contributed by atoms with Crippen LogP contribution in [0.15, 0.2) is 170 Å². The van der Waals surface area contributed by atoms with Crippen LogP contribution in [-0.4, -0.2) is 10.7 Å². The zero-order valence-corrected chi connectivity index (χ0v) is 27.9. The molecule has 0 aromatic heterocycles. The molecule has 4 heteroatoms. The van der Waals surface area contributed by atoms with Gasteiger partial charge in [0.2, 0.25) is 0 Å². The van der Waals surface area contributed by atoms with Crippen LogP contribution in [0.25, 0.3) is 0 Å². The van der Waals surface area contributed by atoms with Crippen LogP contribution >= 0.6 is 16.0 Å². The molecule has 1 unspecified atom stereocenters. The molecule has 0 amide bonds. The summed E-state index contributed by atoms with van der Waals surface area (Å²) in [7, 11) is -1.35. The summed E-state index contributed by atoms with van der Waals surface area (Å²) in [6, 6.07) is 61.8. The van der Waals surface area contributed by atoms with Gasteiger partial charge < -0.3 is 30.3 Å². The second-order valence-corrected chi connectivity index (χ2v) is 14.8. The Labute approximate surface area is 271 Å². The van der Waals surface area contributed by atoms with Crippen molar-refractivity contribution < 1.29 is 17.1 Å². The minimum absolute atomic E-state index is 0. The van der Waals surface area contributed by atoms with Crippen molar-refractivity contribution in [3.05, 3.63) is 175 Å². The molecule has 0 heterocycles. The number of hydrogen-bond acceptors (Lipinski definition) is 1. The first kappa shape index (κ1) is 32.8. The monoisotopic (exact) mass is 639 g/mol. The Kier molecular flexibility index (Phi) is 12.7. The maximum absolute atomic E-state index is 2.75. The quantitative estimate of drug-likeness (QED) is 0.0873. The van der Waals surface area contributed by atoms with Crippen molar-refractivity contribution in [3.8, 4) is 0 Å². The fourth-order valence-electron chi connectivity index (χ4n) is 5.43. The molecule has 0 aliphatic carbocycles. The van der Waals surface area contributed by atoms with Gasteiger partial charge in [0, 0.05) is 31.2 Å². The molecule has 1 nitrogen and oxygen atoms in total. The van der Waals surface area contributed by atoms with E-state index in [1.54, 1.807) is 0 Å². The Hall–Kier alpha value is -3.08. The first-order valence-corrected chi connectivity index (χ1v) is 17.3. The molecule has 0 fully saturated rings. The average Bonchev–Trinajstić information content (AvgIpc) is 3.78. The SMILES string of the molecule is CC(C)N(C(C)[c-]1cccc1P(c1ccccc1)c1ccccc1)P(c1ccccc1)c1ccccc1.[Fe].[cH-]1[cH-][cH-][cH-][cH-]1. The van der Waals surface area contributed by atoms with Crippen LogP contribution in [-0.2, 0) is 17.1 Å². The number of rotatable bonds is 9. The van der Waals surface area contributed by atoms with E-state index in [4.69, 9.17) is 0 Å². The third kappa shape index (κ3) is 8.31. The Morgan fingerprint density at radius 2 is 0.884 bits per heavy atom. The number of nitrogens with zero attached hydrogens (tertiary/aromatic N) is 1. The third-order valence-electron chi connectivity index (χ3n) is 7.26. The second kappa shape index (κ2) is 16.7. The summed E-state index contributed by atoms with van der Waals surface area (Å²) >= 11 is 0. The van der Waals surface area contributed by atoms with Gasteiger partial charge in [0.15, 0.2) is 0 Å². The van der Waals surface area contributed by atoms with Gasteiger partial charge in [0.05, 0.1) is 0 Å². The zero-order valence-electron chi connectivity index (χ0n) is 25.0. The van der Waals surface area contributed by atoms with E-state index < -0.39 is 16.0 Å². The van der Waals surface area contributed by atoms with E-state index in [1.165, 1.54) is 32.1 Å². The van der Waals surface area contributed by atoms with Crippen LogP contribution < -0.4 is 26.5 Å². The maximum atomic E-state index is 2.75. The first-order chi connectivity index (χ1) is 20.6.